The maximum absolute atomic E-state index is 6.96. The topological polar surface area (TPSA) is 55.4 Å². The van der Waals surface area contributed by atoms with Gasteiger partial charge in [0.25, 0.3) is 0 Å². The van der Waals surface area contributed by atoms with Crippen LogP contribution in [0.15, 0.2) is 133 Å². The van der Waals surface area contributed by atoms with E-state index < -0.39 is 16.8 Å². The van der Waals surface area contributed by atoms with E-state index in [9.17, 15) is 0 Å². The third-order valence-corrected chi connectivity index (χ3v) is 14.9. The molecule has 0 aromatic heterocycles. The average molecular weight is 790 g/mol. The molecule has 3 aliphatic rings. The van der Waals surface area contributed by atoms with E-state index in [-0.39, 0.29) is 0 Å². The number of rotatable bonds is 15. The van der Waals surface area contributed by atoms with Gasteiger partial charge in [-0.15, -0.1) is 0 Å². The predicted octanol–water partition coefficient (Wildman–Crippen LogP) is 15.4. The van der Waals surface area contributed by atoms with Crippen molar-refractivity contribution in [3.63, 3.8) is 0 Å². The molecule has 3 saturated carbocycles. The van der Waals surface area contributed by atoms with Gasteiger partial charge in [-0.25, -0.2) is 13.6 Å². The number of para-hydroxylation sites is 2. The molecule has 0 spiro atoms. The Kier molecular flexibility index (Phi) is 13.4. The third-order valence-electron chi connectivity index (χ3n) is 11.5. The Labute approximate surface area is 335 Å². The zero-order chi connectivity index (χ0) is 37.8. The molecule has 6 nitrogen and oxygen atoms in total. The van der Waals surface area contributed by atoms with E-state index in [4.69, 9.17) is 26.9 Å². The second kappa shape index (κ2) is 19.4. The standard InChI is InChI=1S/C48H55O6P2/c1-6-16-38(17-7-1)41-26-32-46(33-27-41)51-56(52-47-34-28-42(29-35-47)39-18-8-2-9-19-39,53-48-36-30-43(31-37-48)40-20-10-3-11-21-40)54-55(49-44-22-12-4-13-23-44)50-45-24-14-5-15-25-45/h4-5,12-15,22-40H,1-3,6-11,16-21H2/q+1. The number of hydrogen-bond donors (Lipinski definition) is 0. The molecule has 8 rings (SSSR count). The van der Waals surface area contributed by atoms with E-state index in [1.54, 1.807) is 0 Å². The van der Waals surface area contributed by atoms with Gasteiger partial charge in [-0.3, -0.25) is 0 Å². The molecule has 56 heavy (non-hydrogen) atoms. The molecule has 3 aliphatic carbocycles. The van der Waals surface area contributed by atoms with Gasteiger partial charge in [0.05, 0.1) is 0 Å². The first kappa shape index (κ1) is 38.8. The highest BCUT2D eigenvalue weighted by Crippen LogP contribution is 2.69. The summed E-state index contributed by atoms with van der Waals surface area (Å²) in [6.45, 7) is 0. The summed E-state index contributed by atoms with van der Waals surface area (Å²) < 4.78 is 40.8. The molecular formula is C48H55O6P2+. The van der Waals surface area contributed by atoms with Crippen LogP contribution in [0.1, 0.15) is 131 Å². The first-order valence-corrected chi connectivity index (χ1v) is 23.5. The molecule has 8 heteroatoms. The summed E-state index contributed by atoms with van der Waals surface area (Å²) in [6, 6.07) is 44.3. The van der Waals surface area contributed by atoms with Gasteiger partial charge >= 0.3 is 16.8 Å². The molecule has 5 aromatic carbocycles. The van der Waals surface area contributed by atoms with Crippen molar-refractivity contribution in [3.8, 4) is 28.7 Å². The fourth-order valence-corrected chi connectivity index (χ4v) is 11.7. The van der Waals surface area contributed by atoms with Crippen molar-refractivity contribution in [3.05, 3.63) is 150 Å². The highest BCUT2D eigenvalue weighted by Gasteiger charge is 2.60. The molecule has 0 saturated heterocycles. The summed E-state index contributed by atoms with van der Waals surface area (Å²) in [7, 11) is -6.02. The third kappa shape index (κ3) is 10.6. The molecule has 0 radical (unpaired) electrons. The lowest BCUT2D eigenvalue weighted by Gasteiger charge is -2.25. The largest absolute Gasteiger partial charge is 0.727 e. The van der Waals surface area contributed by atoms with Gasteiger partial charge in [-0.1, -0.05) is 131 Å². The van der Waals surface area contributed by atoms with Crippen LogP contribution < -0.4 is 22.6 Å². The molecule has 292 valence electrons. The van der Waals surface area contributed by atoms with Gasteiger partial charge < -0.3 is 9.05 Å². The quantitative estimate of drug-likeness (QED) is 0.0985. The predicted molar refractivity (Wildman–Crippen MR) is 228 cm³/mol. The lowest BCUT2D eigenvalue weighted by Crippen LogP contribution is -2.19. The molecule has 5 aromatic rings. The zero-order valence-corrected chi connectivity index (χ0v) is 34.2. The van der Waals surface area contributed by atoms with Crippen LogP contribution in [0.4, 0.5) is 0 Å². The van der Waals surface area contributed by atoms with Crippen molar-refractivity contribution in [1.29, 1.82) is 0 Å². The SMILES string of the molecule is c1ccc(OP(Oc2ccccc2)O[P+](Oc2ccc(C3CCCCC3)cc2)(Oc2ccc(C3CCCCC3)cc2)Oc2ccc(C3CCCCC3)cc2)cc1. The van der Waals surface area contributed by atoms with Crippen LogP contribution in [0.5, 0.6) is 28.7 Å². The molecule has 0 unspecified atom stereocenters. The minimum Gasteiger partial charge on any atom is -0.416 e. The molecule has 0 heterocycles. The first-order valence-electron chi connectivity index (χ1n) is 20.9. The van der Waals surface area contributed by atoms with Gasteiger partial charge in [0, 0.05) is 0 Å². The smallest absolute Gasteiger partial charge is 0.416 e. The Morgan fingerprint density at radius 1 is 0.339 bits per heavy atom. The first-order chi connectivity index (χ1) is 27.7. The molecule has 0 atom stereocenters. The summed E-state index contributed by atoms with van der Waals surface area (Å²) in [4.78, 5) is 0. The minimum absolute atomic E-state index is 0.567. The summed E-state index contributed by atoms with van der Waals surface area (Å²) in [5, 5.41) is 0. The fourth-order valence-electron chi connectivity index (χ4n) is 8.47. The lowest BCUT2D eigenvalue weighted by molar-refractivity contribution is 0.248. The lowest BCUT2D eigenvalue weighted by atomic mass is 9.84. The van der Waals surface area contributed by atoms with Crippen LogP contribution in [-0.2, 0) is 4.31 Å². The van der Waals surface area contributed by atoms with Crippen LogP contribution in [0.3, 0.4) is 0 Å². The zero-order valence-electron chi connectivity index (χ0n) is 32.4. The van der Waals surface area contributed by atoms with E-state index in [1.165, 1.54) is 113 Å². The van der Waals surface area contributed by atoms with Gasteiger partial charge in [-0.05, 0) is 138 Å². The Hall–Kier alpha value is -4.08. The van der Waals surface area contributed by atoms with Crippen molar-refractivity contribution in [2.75, 3.05) is 0 Å². The summed E-state index contributed by atoms with van der Waals surface area (Å²) in [5.41, 5.74) is 4.01. The van der Waals surface area contributed by atoms with Crippen molar-refractivity contribution >= 4 is 16.8 Å². The Morgan fingerprint density at radius 3 is 0.946 bits per heavy atom. The highest BCUT2D eigenvalue weighted by atomic mass is 31.3. The van der Waals surface area contributed by atoms with Gasteiger partial charge in [0.15, 0.2) is 17.2 Å². The minimum atomic E-state index is -3.86. The van der Waals surface area contributed by atoms with Crippen molar-refractivity contribution in [2.45, 2.75) is 114 Å². The molecule has 0 amide bonds. The second-order valence-electron chi connectivity index (χ2n) is 15.5. The van der Waals surface area contributed by atoms with E-state index in [0.717, 1.165) is 0 Å². The number of hydrogen-bond acceptors (Lipinski definition) is 6. The van der Waals surface area contributed by atoms with E-state index >= 15 is 0 Å². The van der Waals surface area contributed by atoms with Gasteiger partial charge in [-0.2, -0.15) is 0 Å². The van der Waals surface area contributed by atoms with Gasteiger partial charge in [0.2, 0.25) is 0 Å². The molecule has 3 fully saturated rings. The van der Waals surface area contributed by atoms with Gasteiger partial charge in [0.1, 0.15) is 11.5 Å². The maximum atomic E-state index is 6.96. The summed E-state index contributed by atoms with van der Waals surface area (Å²) in [6.07, 6.45) is 18.9. The van der Waals surface area contributed by atoms with Crippen molar-refractivity contribution in [2.24, 2.45) is 0 Å². The van der Waals surface area contributed by atoms with Crippen LogP contribution in [0, 0.1) is 0 Å². The Balaban J connectivity index is 1.16. The normalized spacial score (nSPS) is 17.3. The van der Waals surface area contributed by atoms with Crippen molar-refractivity contribution < 1.29 is 26.9 Å². The van der Waals surface area contributed by atoms with E-state index in [0.29, 0.717) is 46.5 Å². The molecular weight excluding hydrogens is 734 g/mol. The monoisotopic (exact) mass is 789 g/mol. The van der Waals surface area contributed by atoms with Crippen LogP contribution >= 0.6 is 16.8 Å². The second-order valence-corrected chi connectivity index (χ2v) is 18.5. The Morgan fingerprint density at radius 2 is 0.643 bits per heavy atom. The fraction of sp³-hybridized carbons (Fsp3) is 0.375. The molecule has 0 N–H and O–H groups in total. The van der Waals surface area contributed by atoms with Crippen LogP contribution in [0.25, 0.3) is 0 Å². The molecule has 0 bridgehead atoms. The van der Waals surface area contributed by atoms with Crippen LogP contribution in [0.2, 0.25) is 0 Å². The van der Waals surface area contributed by atoms with Crippen LogP contribution in [-0.4, -0.2) is 0 Å². The maximum Gasteiger partial charge on any atom is 0.727 e. The van der Waals surface area contributed by atoms with Crippen molar-refractivity contribution in [1.82, 2.24) is 0 Å². The summed E-state index contributed by atoms with van der Waals surface area (Å²) >= 11 is 0. The molecule has 0 aliphatic heterocycles. The highest BCUT2D eigenvalue weighted by molar-refractivity contribution is 7.65. The summed E-state index contributed by atoms with van der Waals surface area (Å²) in [5.74, 6) is 4.66. The Bertz CT molecular complexity index is 1690. The number of benzene rings is 5. The van der Waals surface area contributed by atoms with E-state index in [2.05, 4.69) is 36.4 Å². The average Bonchev–Trinajstić information content (AvgIpc) is 3.26. The van der Waals surface area contributed by atoms with E-state index in [1.807, 2.05) is 97.1 Å².